The molecule has 112 valence electrons. The molecule has 0 unspecified atom stereocenters. The summed E-state index contributed by atoms with van der Waals surface area (Å²) in [5, 5.41) is 3.62. The average molecular weight is 307 g/mol. The predicted molar refractivity (Wildman–Crippen MR) is 86.1 cm³/mol. The first-order valence-electron chi connectivity index (χ1n) is 6.83. The summed E-state index contributed by atoms with van der Waals surface area (Å²) >= 11 is 6.09. The van der Waals surface area contributed by atoms with E-state index < -0.39 is 0 Å². The minimum Gasteiger partial charge on any atom is -0.496 e. The molecule has 0 aliphatic heterocycles. The lowest BCUT2D eigenvalue weighted by Gasteiger charge is -2.16. The molecule has 21 heavy (non-hydrogen) atoms. The Morgan fingerprint density at radius 3 is 2.67 bits per heavy atom. The van der Waals surface area contributed by atoms with Gasteiger partial charge in [-0.3, -0.25) is 4.79 Å². The standard InChI is InChI=1S/C16H19ClN2O2/c1-4-19-14(7-5-11(10-18-2)16(19)20)13-9-12(17)6-8-15(13)21-3/h5-9,18H,4,10H2,1-3H3. The molecule has 0 bridgehead atoms. The first-order chi connectivity index (χ1) is 10.1. The van der Waals surface area contributed by atoms with Crippen molar-refractivity contribution in [1.29, 1.82) is 0 Å². The van der Waals surface area contributed by atoms with Gasteiger partial charge in [-0.1, -0.05) is 17.7 Å². The highest BCUT2D eigenvalue weighted by molar-refractivity contribution is 6.30. The third-order valence-electron chi connectivity index (χ3n) is 3.37. The maximum Gasteiger partial charge on any atom is 0.255 e. The molecule has 0 radical (unpaired) electrons. The molecule has 0 fully saturated rings. The number of hydrogen-bond donors (Lipinski definition) is 1. The third-order valence-corrected chi connectivity index (χ3v) is 3.61. The SMILES string of the molecule is CCn1c(-c2cc(Cl)ccc2OC)ccc(CNC)c1=O. The van der Waals surface area contributed by atoms with Crippen molar-refractivity contribution >= 4 is 11.6 Å². The summed E-state index contributed by atoms with van der Waals surface area (Å²) in [6.45, 7) is 3.08. The molecule has 1 heterocycles. The predicted octanol–water partition coefficient (Wildman–Crippen LogP) is 2.92. The van der Waals surface area contributed by atoms with Crippen molar-refractivity contribution in [1.82, 2.24) is 9.88 Å². The molecule has 0 amide bonds. The van der Waals surface area contributed by atoms with Gasteiger partial charge in [-0.15, -0.1) is 0 Å². The second-order valence-electron chi connectivity index (χ2n) is 4.67. The Kier molecular flexibility index (Phi) is 5.04. The van der Waals surface area contributed by atoms with Crippen LogP contribution in [0.5, 0.6) is 5.75 Å². The van der Waals surface area contributed by atoms with Gasteiger partial charge in [0.05, 0.1) is 12.8 Å². The minimum atomic E-state index is 0.00591. The molecule has 4 nitrogen and oxygen atoms in total. The van der Waals surface area contributed by atoms with Crippen LogP contribution in [0.2, 0.25) is 5.02 Å². The number of aromatic nitrogens is 1. The highest BCUT2D eigenvalue weighted by Gasteiger charge is 2.13. The van der Waals surface area contributed by atoms with Crippen LogP contribution < -0.4 is 15.6 Å². The first kappa shape index (κ1) is 15.6. The number of pyridine rings is 1. The number of ether oxygens (including phenoxy) is 1. The van der Waals surface area contributed by atoms with E-state index in [4.69, 9.17) is 16.3 Å². The van der Waals surface area contributed by atoms with E-state index in [1.807, 2.05) is 38.2 Å². The zero-order chi connectivity index (χ0) is 15.4. The van der Waals surface area contributed by atoms with E-state index in [1.54, 1.807) is 17.7 Å². The molecule has 0 spiro atoms. The maximum atomic E-state index is 12.5. The van der Waals surface area contributed by atoms with Crippen LogP contribution in [0.1, 0.15) is 12.5 Å². The molecular formula is C16H19ClN2O2. The highest BCUT2D eigenvalue weighted by Crippen LogP contribution is 2.32. The van der Waals surface area contributed by atoms with Crippen LogP contribution >= 0.6 is 11.6 Å². The smallest absolute Gasteiger partial charge is 0.255 e. The average Bonchev–Trinajstić information content (AvgIpc) is 2.49. The molecule has 2 aromatic rings. The van der Waals surface area contributed by atoms with Gasteiger partial charge in [0.25, 0.3) is 5.56 Å². The molecule has 0 saturated carbocycles. The molecule has 1 aromatic heterocycles. The summed E-state index contributed by atoms with van der Waals surface area (Å²) in [5.74, 6) is 0.697. The minimum absolute atomic E-state index is 0.00591. The van der Waals surface area contributed by atoms with E-state index in [-0.39, 0.29) is 5.56 Å². The largest absolute Gasteiger partial charge is 0.496 e. The zero-order valence-corrected chi connectivity index (χ0v) is 13.2. The summed E-state index contributed by atoms with van der Waals surface area (Å²) in [6.07, 6.45) is 0. The summed E-state index contributed by atoms with van der Waals surface area (Å²) < 4.78 is 7.12. The molecule has 0 atom stereocenters. The fourth-order valence-electron chi connectivity index (χ4n) is 2.38. The molecule has 0 aliphatic rings. The summed E-state index contributed by atoms with van der Waals surface area (Å²) in [5.41, 5.74) is 2.37. The van der Waals surface area contributed by atoms with Gasteiger partial charge in [0.15, 0.2) is 0 Å². The topological polar surface area (TPSA) is 43.3 Å². The molecule has 0 saturated heterocycles. The Morgan fingerprint density at radius 1 is 1.29 bits per heavy atom. The summed E-state index contributed by atoms with van der Waals surface area (Å²) in [6, 6.07) is 9.18. The van der Waals surface area contributed by atoms with E-state index >= 15 is 0 Å². The van der Waals surface area contributed by atoms with Crippen LogP contribution in [0.4, 0.5) is 0 Å². The number of hydrogen-bond acceptors (Lipinski definition) is 3. The highest BCUT2D eigenvalue weighted by atomic mass is 35.5. The molecular weight excluding hydrogens is 288 g/mol. The van der Waals surface area contributed by atoms with Crippen LogP contribution in [-0.2, 0) is 13.1 Å². The first-order valence-corrected chi connectivity index (χ1v) is 7.21. The number of halogens is 1. The van der Waals surface area contributed by atoms with Gasteiger partial charge in [-0.05, 0) is 38.2 Å². The lowest BCUT2D eigenvalue weighted by molar-refractivity contribution is 0.416. The molecule has 5 heteroatoms. The van der Waals surface area contributed by atoms with Crippen molar-refractivity contribution in [2.45, 2.75) is 20.0 Å². The van der Waals surface area contributed by atoms with Gasteiger partial charge >= 0.3 is 0 Å². The summed E-state index contributed by atoms with van der Waals surface area (Å²) in [7, 11) is 3.43. The van der Waals surface area contributed by atoms with E-state index in [9.17, 15) is 4.79 Å². The number of methoxy groups -OCH3 is 1. The van der Waals surface area contributed by atoms with Crippen LogP contribution in [0.3, 0.4) is 0 Å². The van der Waals surface area contributed by atoms with Crippen molar-refractivity contribution in [3.8, 4) is 17.0 Å². The van der Waals surface area contributed by atoms with Crippen LogP contribution in [-0.4, -0.2) is 18.7 Å². The Bertz CT molecular complexity index is 695. The second kappa shape index (κ2) is 6.78. The third kappa shape index (κ3) is 3.12. The van der Waals surface area contributed by atoms with E-state index in [0.717, 1.165) is 16.8 Å². The zero-order valence-electron chi connectivity index (χ0n) is 12.4. The Balaban J connectivity index is 2.67. The van der Waals surface area contributed by atoms with Crippen molar-refractivity contribution < 1.29 is 4.74 Å². The van der Waals surface area contributed by atoms with Crippen molar-refractivity contribution in [2.75, 3.05) is 14.2 Å². The Labute approximate surface area is 129 Å². The van der Waals surface area contributed by atoms with Gasteiger partial charge in [-0.25, -0.2) is 0 Å². The Hall–Kier alpha value is -1.78. The van der Waals surface area contributed by atoms with Crippen molar-refractivity contribution in [3.05, 3.63) is 51.3 Å². The molecule has 2 rings (SSSR count). The molecule has 1 N–H and O–H groups in total. The van der Waals surface area contributed by atoms with Crippen LogP contribution in [0, 0.1) is 0 Å². The van der Waals surface area contributed by atoms with Gasteiger partial charge in [0.1, 0.15) is 5.75 Å². The number of nitrogens with one attached hydrogen (secondary N) is 1. The summed E-state index contributed by atoms with van der Waals surface area (Å²) in [4.78, 5) is 12.5. The van der Waals surface area contributed by atoms with Gasteiger partial charge in [0, 0.05) is 29.2 Å². The molecule has 1 aromatic carbocycles. The quantitative estimate of drug-likeness (QED) is 0.923. The normalized spacial score (nSPS) is 10.7. The fraction of sp³-hybridized carbons (Fsp3) is 0.312. The van der Waals surface area contributed by atoms with Gasteiger partial charge in [0.2, 0.25) is 0 Å². The van der Waals surface area contributed by atoms with E-state index in [2.05, 4.69) is 5.32 Å². The van der Waals surface area contributed by atoms with Crippen molar-refractivity contribution in [2.24, 2.45) is 0 Å². The van der Waals surface area contributed by atoms with Gasteiger partial charge in [-0.2, -0.15) is 0 Å². The van der Waals surface area contributed by atoms with Crippen molar-refractivity contribution in [3.63, 3.8) is 0 Å². The Morgan fingerprint density at radius 2 is 2.05 bits per heavy atom. The van der Waals surface area contributed by atoms with Gasteiger partial charge < -0.3 is 14.6 Å². The second-order valence-corrected chi connectivity index (χ2v) is 5.10. The molecule has 0 aliphatic carbocycles. The van der Waals surface area contributed by atoms with E-state index in [1.165, 1.54) is 0 Å². The number of rotatable bonds is 5. The number of benzene rings is 1. The van der Waals surface area contributed by atoms with E-state index in [0.29, 0.717) is 23.9 Å². The number of nitrogens with zero attached hydrogens (tertiary/aromatic N) is 1. The van der Waals surface area contributed by atoms with Crippen LogP contribution in [0.25, 0.3) is 11.3 Å². The maximum absolute atomic E-state index is 12.5. The van der Waals surface area contributed by atoms with Crippen LogP contribution in [0.15, 0.2) is 35.1 Å². The monoisotopic (exact) mass is 306 g/mol. The lowest BCUT2D eigenvalue weighted by atomic mass is 10.1. The lowest BCUT2D eigenvalue weighted by Crippen LogP contribution is -2.26. The fourth-order valence-corrected chi connectivity index (χ4v) is 2.55.